The molecule has 1 aromatic rings. The van der Waals surface area contributed by atoms with Gasteiger partial charge < -0.3 is 15.0 Å². The van der Waals surface area contributed by atoms with Crippen LogP contribution in [0.15, 0.2) is 24.3 Å². The average Bonchev–Trinajstić information content (AvgIpc) is 2.67. The minimum absolute atomic E-state index is 0.248. The van der Waals surface area contributed by atoms with Gasteiger partial charge in [-0.1, -0.05) is 18.2 Å². The summed E-state index contributed by atoms with van der Waals surface area (Å²) in [4.78, 5) is 14.7. The minimum Gasteiger partial charge on any atom is -0.496 e. The highest BCUT2D eigenvalue weighted by Gasteiger charge is 2.29. The fourth-order valence-electron chi connectivity index (χ4n) is 3.69. The highest BCUT2D eigenvalue weighted by Crippen LogP contribution is 2.27. The zero-order valence-corrected chi connectivity index (χ0v) is 15.3. The van der Waals surface area contributed by atoms with E-state index in [1.165, 1.54) is 5.56 Å². The number of carbonyl (C=O) groups excluding carboxylic acids is 1. The van der Waals surface area contributed by atoms with Crippen LogP contribution in [0.4, 0.5) is 0 Å². The topological polar surface area (TPSA) is 41.6 Å². The first-order valence-corrected chi connectivity index (χ1v) is 10.1. The number of nitrogens with one attached hydrogen (secondary N) is 1. The van der Waals surface area contributed by atoms with Gasteiger partial charge in [-0.05, 0) is 31.7 Å². The van der Waals surface area contributed by atoms with Gasteiger partial charge in [0.25, 0.3) is 0 Å². The van der Waals surface area contributed by atoms with Crippen molar-refractivity contribution in [2.45, 2.75) is 38.3 Å². The molecule has 4 nitrogen and oxygen atoms in total. The molecule has 0 atom stereocenters. The van der Waals surface area contributed by atoms with Gasteiger partial charge in [0.15, 0.2) is 0 Å². The Balaban J connectivity index is 1.44. The smallest absolute Gasteiger partial charge is 0.225 e. The molecule has 1 aliphatic carbocycles. The normalized spacial score (nSPS) is 24.6. The van der Waals surface area contributed by atoms with Crippen LogP contribution in [0.2, 0.25) is 0 Å². The van der Waals surface area contributed by atoms with Crippen LogP contribution in [0.3, 0.4) is 0 Å². The Bertz CT molecular complexity index is 538. The monoisotopic (exact) mass is 348 g/mol. The predicted octanol–water partition coefficient (Wildman–Crippen LogP) is 2.92. The first-order chi connectivity index (χ1) is 11.8. The Morgan fingerprint density at radius 1 is 1.21 bits per heavy atom. The number of nitrogens with zero attached hydrogens (tertiary/aromatic N) is 1. The van der Waals surface area contributed by atoms with E-state index in [-0.39, 0.29) is 5.92 Å². The molecule has 1 saturated carbocycles. The van der Waals surface area contributed by atoms with Crippen LogP contribution in [0.1, 0.15) is 31.2 Å². The standard InChI is InChI=1S/C19H28N2O2S/c1-23-18-5-3-2-4-16(18)14-20-17-8-6-15(7-9-17)19(22)21-10-12-24-13-11-21/h2-5,15,17,20H,6-14H2,1H3. The molecule has 5 heteroatoms. The summed E-state index contributed by atoms with van der Waals surface area (Å²) in [7, 11) is 1.72. The third-order valence-corrected chi connectivity index (χ3v) is 6.12. The van der Waals surface area contributed by atoms with Gasteiger partial charge in [-0.2, -0.15) is 11.8 Å². The van der Waals surface area contributed by atoms with Gasteiger partial charge in [0.2, 0.25) is 5.91 Å². The third-order valence-electron chi connectivity index (χ3n) is 5.17. The van der Waals surface area contributed by atoms with E-state index in [1.807, 2.05) is 30.0 Å². The van der Waals surface area contributed by atoms with Crippen molar-refractivity contribution in [1.29, 1.82) is 0 Å². The second-order valence-electron chi connectivity index (χ2n) is 6.68. The molecule has 1 heterocycles. The quantitative estimate of drug-likeness (QED) is 0.888. The summed E-state index contributed by atoms with van der Waals surface area (Å²) in [6, 6.07) is 8.67. The molecule has 0 spiro atoms. The summed E-state index contributed by atoms with van der Waals surface area (Å²) in [6.07, 6.45) is 4.22. The lowest BCUT2D eigenvalue weighted by Crippen LogP contribution is -2.44. The van der Waals surface area contributed by atoms with Crippen LogP contribution >= 0.6 is 11.8 Å². The van der Waals surface area contributed by atoms with Crippen LogP contribution in [0.25, 0.3) is 0 Å². The molecule has 0 aromatic heterocycles. The first-order valence-electron chi connectivity index (χ1n) is 8.99. The van der Waals surface area contributed by atoms with E-state index in [0.717, 1.165) is 62.6 Å². The maximum Gasteiger partial charge on any atom is 0.225 e. The van der Waals surface area contributed by atoms with Gasteiger partial charge in [-0.15, -0.1) is 0 Å². The van der Waals surface area contributed by atoms with Gasteiger partial charge >= 0.3 is 0 Å². The molecule has 1 aliphatic heterocycles. The second-order valence-corrected chi connectivity index (χ2v) is 7.90. The van der Waals surface area contributed by atoms with E-state index in [9.17, 15) is 4.79 Å². The van der Waals surface area contributed by atoms with Crippen LogP contribution in [-0.4, -0.2) is 48.6 Å². The number of ether oxygens (including phenoxy) is 1. The van der Waals surface area contributed by atoms with Crippen LogP contribution in [0, 0.1) is 5.92 Å². The van der Waals surface area contributed by atoms with Crippen molar-refractivity contribution >= 4 is 17.7 Å². The van der Waals surface area contributed by atoms with Gasteiger partial charge in [0.1, 0.15) is 5.75 Å². The minimum atomic E-state index is 0.248. The molecule has 2 aliphatic rings. The summed E-state index contributed by atoms with van der Waals surface area (Å²) < 4.78 is 5.41. The van der Waals surface area contributed by atoms with Gasteiger partial charge in [-0.25, -0.2) is 0 Å². The van der Waals surface area contributed by atoms with Gasteiger partial charge in [0, 0.05) is 48.7 Å². The molecule has 24 heavy (non-hydrogen) atoms. The number of hydrogen-bond donors (Lipinski definition) is 1. The van der Waals surface area contributed by atoms with Gasteiger partial charge in [-0.3, -0.25) is 4.79 Å². The van der Waals surface area contributed by atoms with E-state index in [0.29, 0.717) is 11.9 Å². The number of methoxy groups -OCH3 is 1. The van der Waals surface area contributed by atoms with E-state index in [2.05, 4.69) is 16.3 Å². The third kappa shape index (κ3) is 4.45. The molecule has 0 unspecified atom stereocenters. The maximum atomic E-state index is 12.6. The van der Waals surface area contributed by atoms with E-state index in [4.69, 9.17) is 4.74 Å². The van der Waals surface area contributed by atoms with E-state index < -0.39 is 0 Å². The highest BCUT2D eigenvalue weighted by atomic mass is 32.2. The Hall–Kier alpha value is -1.20. The van der Waals surface area contributed by atoms with Crippen molar-refractivity contribution in [3.05, 3.63) is 29.8 Å². The molecule has 1 saturated heterocycles. The number of benzene rings is 1. The maximum absolute atomic E-state index is 12.6. The van der Waals surface area contributed by atoms with Crippen LogP contribution in [0.5, 0.6) is 5.75 Å². The lowest BCUT2D eigenvalue weighted by Gasteiger charge is -2.34. The largest absolute Gasteiger partial charge is 0.496 e. The summed E-state index contributed by atoms with van der Waals surface area (Å²) >= 11 is 1.96. The lowest BCUT2D eigenvalue weighted by molar-refractivity contribution is -0.136. The van der Waals surface area contributed by atoms with Crippen molar-refractivity contribution in [2.24, 2.45) is 5.92 Å². The fraction of sp³-hybridized carbons (Fsp3) is 0.632. The first kappa shape index (κ1) is 17.6. The Labute approximate surface area is 149 Å². The summed E-state index contributed by atoms with van der Waals surface area (Å²) in [6.45, 7) is 2.71. The van der Waals surface area contributed by atoms with Gasteiger partial charge in [0.05, 0.1) is 7.11 Å². The summed E-state index contributed by atoms with van der Waals surface area (Å²) in [5.74, 6) is 3.79. The molecule has 132 valence electrons. The molecule has 0 bridgehead atoms. The van der Waals surface area contributed by atoms with Crippen molar-refractivity contribution in [3.8, 4) is 5.75 Å². The number of carbonyl (C=O) groups is 1. The van der Waals surface area contributed by atoms with Crippen molar-refractivity contribution < 1.29 is 9.53 Å². The Kier molecular flexibility index (Phi) is 6.44. The van der Waals surface area contributed by atoms with Crippen molar-refractivity contribution in [1.82, 2.24) is 10.2 Å². The predicted molar refractivity (Wildman–Crippen MR) is 99.5 cm³/mol. The zero-order chi connectivity index (χ0) is 16.8. The molecular formula is C19H28N2O2S. The molecule has 1 amide bonds. The van der Waals surface area contributed by atoms with Crippen molar-refractivity contribution in [3.63, 3.8) is 0 Å². The summed E-state index contributed by atoms with van der Waals surface area (Å²) in [5.41, 5.74) is 1.20. The number of thioether (sulfide) groups is 1. The molecule has 3 rings (SSSR count). The van der Waals surface area contributed by atoms with Crippen LogP contribution in [-0.2, 0) is 11.3 Å². The van der Waals surface area contributed by atoms with Crippen LogP contribution < -0.4 is 10.1 Å². The number of amides is 1. The summed E-state index contributed by atoms with van der Waals surface area (Å²) in [5, 5.41) is 3.64. The Morgan fingerprint density at radius 3 is 2.62 bits per heavy atom. The number of rotatable bonds is 5. The fourth-order valence-corrected chi connectivity index (χ4v) is 4.59. The average molecular weight is 349 g/mol. The Morgan fingerprint density at radius 2 is 1.92 bits per heavy atom. The SMILES string of the molecule is COc1ccccc1CNC1CCC(C(=O)N2CCSCC2)CC1. The zero-order valence-electron chi connectivity index (χ0n) is 14.5. The van der Waals surface area contributed by atoms with E-state index in [1.54, 1.807) is 7.11 Å². The van der Waals surface area contributed by atoms with Crippen molar-refractivity contribution in [2.75, 3.05) is 31.7 Å². The molecule has 1 N–H and O–H groups in total. The molecular weight excluding hydrogens is 320 g/mol. The molecule has 1 aromatic carbocycles. The lowest BCUT2D eigenvalue weighted by atomic mass is 9.85. The molecule has 0 radical (unpaired) electrons. The molecule has 2 fully saturated rings. The highest BCUT2D eigenvalue weighted by molar-refractivity contribution is 7.99. The number of para-hydroxylation sites is 1. The second kappa shape index (κ2) is 8.77. The van der Waals surface area contributed by atoms with E-state index >= 15 is 0 Å². The number of hydrogen-bond acceptors (Lipinski definition) is 4.